The first-order valence-corrected chi connectivity index (χ1v) is 8.74. The third kappa shape index (κ3) is 6.08. The van der Waals surface area contributed by atoms with Gasteiger partial charge in [0.25, 0.3) is 0 Å². The van der Waals surface area contributed by atoms with Crippen LogP contribution in [0, 0.1) is 5.82 Å². The number of hydrogen-bond acceptors (Lipinski definition) is 3. The number of likely N-dealkylation sites (N-methyl/N-ethyl adjacent to an activating group) is 1. The molecule has 1 unspecified atom stereocenters. The van der Waals surface area contributed by atoms with Crippen LogP contribution in [-0.4, -0.2) is 37.2 Å². The third-order valence-corrected chi connectivity index (χ3v) is 4.27. The van der Waals surface area contributed by atoms with Crippen LogP contribution >= 0.6 is 0 Å². The summed E-state index contributed by atoms with van der Waals surface area (Å²) in [5.74, 6) is -0.511. The average Bonchev–Trinajstić information content (AvgIpc) is 2.63. The maximum atomic E-state index is 12.9. The van der Waals surface area contributed by atoms with Crippen molar-refractivity contribution in [3.63, 3.8) is 0 Å². The van der Waals surface area contributed by atoms with E-state index in [1.807, 2.05) is 44.4 Å². The molecule has 0 aliphatic rings. The van der Waals surface area contributed by atoms with Crippen LogP contribution in [0.1, 0.15) is 41.2 Å². The van der Waals surface area contributed by atoms with Crippen LogP contribution in [0.3, 0.4) is 0 Å². The molecular formula is C21H25FN2O2. The summed E-state index contributed by atoms with van der Waals surface area (Å²) in [5.41, 5.74) is 1.62. The molecule has 0 fully saturated rings. The second-order valence-corrected chi connectivity index (χ2v) is 6.48. The Morgan fingerprint density at radius 1 is 1.00 bits per heavy atom. The van der Waals surface area contributed by atoms with Crippen LogP contribution in [0.25, 0.3) is 0 Å². The van der Waals surface area contributed by atoms with Crippen molar-refractivity contribution in [1.82, 2.24) is 10.2 Å². The summed E-state index contributed by atoms with van der Waals surface area (Å²) in [7, 11) is 3.95. The van der Waals surface area contributed by atoms with Gasteiger partial charge in [0.05, 0.1) is 6.04 Å². The smallest absolute Gasteiger partial charge is 0.220 e. The van der Waals surface area contributed by atoms with Gasteiger partial charge in [-0.25, -0.2) is 4.39 Å². The van der Waals surface area contributed by atoms with E-state index in [0.29, 0.717) is 24.9 Å². The van der Waals surface area contributed by atoms with E-state index in [4.69, 9.17) is 0 Å². The second kappa shape index (κ2) is 9.82. The maximum Gasteiger partial charge on any atom is 0.220 e. The lowest BCUT2D eigenvalue weighted by Crippen LogP contribution is -2.34. The molecule has 2 aromatic rings. The molecule has 0 heterocycles. The predicted octanol–water partition coefficient (Wildman–Crippen LogP) is 3.60. The largest absolute Gasteiger partial charge is 0.354 e. The van der Waals surface area contributed by atoms with E-state index < -0.39 is 0 Å². The summed E-state index contributed by atoms with van der Waals surface area (Å²) in [6.45, 7) is 0.516. The van der Waals surface area contributed by atoms with E-state index >= 15 is 0 Å². The van der Waals surface area contributed by atoms with Gasteiger partial charge in [0.2, 0.25) is 5.91 Å². The van der Waals surface area contributed by atoms with Crippen LogP contribution in [0.15, 0.2) is 54.6 Å². The molecular weight excluding hydrogens is 331 g/mol. The molecule has 0 radical (unpaired) electrons. The zero-order valence-corrected chi connectivity index (χ0v) is 15.2. The number of Topliss-reactive ketones (excluding diaryl/α,β-unsaturated/α-hetero) is 1. The van der Waals surface area contributed by atoms with E-state index in [0.717, 1.165) is 5.56 Å². The number of hydrogen-bond donors (Lipinski definition) is 1. The number of carbonyl (C=O) groups is 2. The Balaban J connectivity index is 1.76. The van der Waals surface area contributed by atoms with E-state index in [1.165, 1.54) is 24.3 Å². The Kier molecular flexibility index (Phi) is 7.48. The summed E-state index contributed by atoms with van der Waals surface area (Å²) < 4.78 is 12.9. The van der Waals surface area contributed by atoms with Crippen LogP contribution in [-0.2, 0) is 4.79 Å². The van der Waals surface area contributed by atoms with Crippen LogP contribution in [0.5, 0.6) is 0 Å². The zero-order valence-electron chi connectivity index (χ0n) is 15.2. The molecule has 1 N–H and O–H groups in total. The number of halogens is 1. The number of rotatable bonds is 9. The fraction of sp³-hybridized carbons (Fsp3) is 0.333. The minimum Gasteiger partial charge on any atom is -0.354 e. The van der Waals surface area contributed by atoms with Gasteiger partial charge in [0, 0.05) is 24.9 Å². The summed E-state index contributed by atoms with van der Waals surface area (Å²) >= 11 is 0. The minimum atomic E-state index is -0.366. The van der Waals surface area contributed by atoms with Gasteiger partial charge in [-0.15, -0.1) is 0 Å². The van der Waals surface area contributed by atoms with Crippen molar-refractivity contribution in [1.29, 1.82) is 0 Å². The number of carbonyl (C=O) groups excluding carboxylic acids is 2. The van der Waals surface area contributed by atoms with E-state index in [2.05, 4.69) is 10.2 Å². The van der Waals surface area contributed by atoms with Gasteiger partial charge < -0.3 is 10.2 Å². The van der Waals surface area contributed by atoms with Crippen molar-refractivity contribution in [3.05, 3.63) is 71.5 Å². The lowest BCUT2D eigenvalue weighted by atomic mass is 10.0. The van der Waals surface area contributed by atoms with Crippen LogP contribution < -0.4 is 5.32 Å². The normalized spacial score (nSPS) is 12.0. The maximum absolute atomic E-state index is 12.9. The van der Waals surface area contributed by atoms with Gasteiger partial charge in [-0.1, -0.05) is 30.3 Å². The molecule has 0 saturated carbocycles. The molecule has 1 amide bonds. The molecule has 0 bridgehead atoms. The van der Waals surface area contributed by atoms with Crippen molar-refractivity contribution in [2.24, 2.45) is 0 Å². The highest BCUT2D eigenvalue weighted by Gasteiger charge is 2.15. The molecule has 0 aromatic heterocycles. The van der Waals surface area contributed by atoms with Gasteiger partial charge in [0.15, 0.2) is 5.78 Å². The van der Waals surface area contributed by atoms with Crippen molar-refractivity contribution >= 4 is 11.7 Å². The van der Waals surface area contributed by atoms with Crippen molar-refractivity contribution in [2.75, 3.05) is 20.6 Å². The second-order valence-electron chi connectivity index (χ2n) is 6.48. The average molecular weight is 356 g/mol. The lowest BCUT2D eigenvalue weighted by Gasteiger charge is -2.25. The molecule has 0 saturated heterocycles. The third-order valence-electron chi connectivity index (χ3n) is 4.27. The lowest BCUT2D eigenvalue weighted by molar-refractivity contribution is -0.121. The van der Waals surface area contributed by atoms with E-state index in [9.17, 15) is 14.0 Å². The minimum absolute atomic E-state index is 0.0697. The SMILES string of the molecule is CN(C)C(CNC(=O)CCCC(=O)c1ccc(F)cc1)c1ccccc1. The highest BCUT2D eigenvalue weighted by molar-refractivity contribution is 5.96. The summed E-state index contributed by atoms with van der Waals surface area (Å²) in [6.07, 6.45) is 1.04. The molecule has 0 aliphatic carbocycles. The topological polar surface area (TPSA) is 49.4 Å². The Hall–Kier alpha value is -2.53. The monoisotopic (exact) mass is 356 g/mol. The van der Waals surface area contributed by atoms with Crippen LogP contribution in [0.4, 0.5) is 4.39 Å². The standard InChI is InChI=1S/C21H25FN2O2/c1-24(2)19(16-7-4-3-5-8-16)15-23-21(26)10-6-9-20(25)17-11-13-18(22)14-12-17/h3-5,7-8,11-14,19H,6,9-10,15H2,1-2H3,(H,23,26). The van der Waals surface area contributed by atoms with E-state index in [1.54, 1.807) is 0 Å². The van der Waals surface area contributed by atoms with Crippen molar-refractivity contribution < 1.29 is 14.0 Å². The Bertz CT molecular complexity index is 715. The molecule has 5 heteroatoms. The molecule has 138 valence electrons. The molecule has 4 nitrogen and oxygen atoms in total. The Labute approximate surface area is 154 Å². The number of ketones is 1. The van der Waals surface area contributed by atoms with Gasteiger partial charge >= 0.3 is 0 Å². The first-order valence-electron chi connectivity index (χ1n) is 8.74. The molecule has 0 aliphatic heterocycles. The Morgan fingerprint density at radius 3 is 2.27 bits per heavy atom. The molecule has 1 atom stereocenters. The zero-order chi connectivity index (χ0) is 18.9. The summed E-state index contributed by atoms with van der Waals surface area (Å²) in [6, 6.07) is 15.6. The van der Waals surface area contributed by atoms with Crippen LogP contribution in [0.2, 0.25) is 0 Å². The van der Waals surface area contributed by atoms with E-state index in [-0.39, 0.29) is 30.0 Å². The quantitative estimate of drug-likeness (QED) is 0.699. The number of benzene rings is 2. The fourth-order valence-electron chi connectivity index (χ4n) is 2.76. The van der Waals surface area contributed by atoms with Gasteiger partial charge in [-0.3, -0.25) is 9.59 Å². The first-order chi connectivity index (χ1) is 12.5. The molecule has 2 rings (SSSR count). The fourth-order valence-corrected chi connectivity index (χ4v) is 2.76. The predicted molar refractivity (Wildman–Crippen MR) is 100 cm³/mol. The first kappa shape index (κ1) is 19.8. The van der Waals surface area contributed by atoms with Gasteiger partial charge in [-0.05, 0) is 50.3 Å². The number of nitrogens with one attached hydrogen (secondary N) is 1. The summed E-state index contributed by atoms with van der Waals surface area (Å²) in [4.78, 5) is 26.2. The number of nitrogens with zero attached hydrogens (tertiary/aromatic N) is 1. The van der Waals surface area contributed by atoms with Crippen molar-refractivity contribution in [3.8, 4) is 0 Å². The molecule has 0 spiro atoms. The van der Waals surface area contributed by atoms with Crippen molar-refractivity contribution in [2.45, 2.75) is 25.3 Å². The molecule has 26 heavy (non-hydrogen) atoms. The highest BCUT2D eigenvalue weighted by atomic mass is 19.1. The summed E-state index contributed by atoms with van der Waals surface area (Å²) in [5, 5.41) is 2.94. The molecule has 2 aromatic carbocycles. The van der Waals surface area contributed by atoms with Gasteiger partial charge in [0.1, 0.15) is 5.82 Å². The highest BCUT2D eigenvalue weighted by Crippen LogP contribution is 2.16. The van der Waals surface area contributed by atoms with Gasteiger partial charge in [-0.2, -0.15) is 0 Å². The number of amides is 1. The Morgan fingerprint density at radius 2 is 1.65 bits per heavy atom.